The molecule has 158 valence electrons. The van der Waals surface area contributed by atoms with E-state index in [0.29, 0.717) is 11.7 Å². The Balaban J connectivity index is 1.85. The summed E-state index contributed by atoms with van der Waals surface area (Å²) in [5.74, 6) is 0.0225. The Kier molecular flexibility index (Phi) is 16.5. The lowest BCUT2D eigenvalue weighted by Crippen LogP contribution is -2.20. The van der Waals surface area contributed by atoms with Crippen molar-refractivity contribution in [3.63, 3.8) is 0 Å². The van der Waals surface area contributed by atoms with E-state index >= 15 is 0 Å². The number of unbranched alkanes of at least 4 members (excludes halogenated alkanes) is 12. The van der Waals surface area contributed by atoms with Gasteiger partial charge < -0.3 is 4.74 Å². The van der Waals surface area contributed by atoms with Crippen LogP contribution in [0.5, 0.6) is 0 Å². The van der Waals surface area contributed by atoms with Gasteiger partial charge in [-0.1, -0.05) is 96.6 Å². The monoisotopic (exact) mass is 396 g/mol. The molecule has 0 saturated heterocycles. The smallest absolute Gasteiger partial charge is 0.306 e. The van der Waals surface area contributed by atoms with Crippen molar-refractivity contribution in [1.82, 2.24) is 0 Å². The fourth-order valence-corrected chi connectivity index (χ4v) is 4.34. The van der Waals surface area contributed by atoms with Crippen molar-refractivity contribution in [1.29, 1.82) is 0 Å². The average molecular weight is 397 g/mol. The highest BCUT2D eigenvalue weighted by atomic mass is 32.1. The molecule has 1 aliphatic carbocycles. The van der Waals surface area contributed by atoms with Crippen molar-refractivity contribution in [2.75, 3.05) is 0 Å². The summed E-state index contributed by atoms with van der Waals surface area (Å²) < 4.78 is 5.69. The van der Waals surface area contributed by atoms with E-state index in [2.05, 4.69) is 6.92 Å². The standard InChI is InChI=1S/C24H44O2S/c1-2-3-4-5-6-7-8-9-10-11-12-13-14-21-24(25)26-22-17-15-19-23(27)20-16-18-22/h22-23H,1-21H2. The molecule has 0 spiro atoms. The van der Waals surface area contributed by atoms with E-state index in [1.54, 1.807) is 0 Å². The fraction of sp³-hybridized carbons (Fsp3) is 0.917. The van der Waals surface area contributed by atoms with Crippen LogP contribution >= 0.6 is 12.6 Å². The Bertz CT molecular complexity index is 335. The number of carbonyl (C=O) groups excluding carboxylic acids is 1. The predicted molar refractivity (Wildman–Crippen MR) is 119 cm³/mol. The molecule has 1 rings (SSSR count). The van der Waals surface area contributed by atoms with Gasteiger partial charge in [-0.3, -0.25) is 4.79 Å². The van der Waals surface area contributed by atoms with Crippen molar-refractivity contribution < 1.29 is 9.53 Å². The van der Waals surface area contributed by atoms with Gasteiger partial charge in [-0.15, -0.1) is 0 Å². The first-order valence-electron chi connectivity index (χ1n) is 11.9. The second-order valence-corrected chi connectivity index (χ2v) is 9.11. The van der Waals surface area contributed by atoms with Crippen LogP contribution in [-0.4, -0.2) is 17.3 Å². The number of hydrogen-bond acceptors (Lipinski definition) is 2. The van der Waals surface area contributed by atoms with Crippen molar-refractivity contribution in [2.24, 2.45) is 0 Å². The summed E-state index contributed by atoms with van der Waals surface area (Å²) in [4.78, 5) is 12.0. The molecule has 27 heavy (non-hydrogen) atoms. The molecule has 0 unspecified atom stereocenters. The zero-order valence-electron chi connectivity index (χ0n) is 17.7. The van der Waals surface area contributed by atoms with Gasteiger partial charge in [0.1, 0.15) is 6.10 Å². The highest BCUT2D eigenvalue weighted by Gasteiger charge is 2.18. The molecule has 0 bridgehead atoms. The van der Waals surface area contributed by atoms with Gasteiger partial charge in [0, 0.05) is 11.7 Å². The number of carbonyl (C=O) groups is 1. The normalized spacial score (nSPS) is 20.8. The largest absolute Gasteiger partial charge is 0.462 e. The fourth-order valence-electron chi connectivity index (χ4n) is 4.01. The number of rotatable bonds is 15. The van der Waals surface area contributed by atoms with E-state index in [4.69, 9.17) is 17.4 Å². The third kappa shape index (κ3) is 15.4. The highest BCUT2D eigenvalue weighted by molar-refractivity contribution is 7.80. The first-order valence-corrected chi connectivity index (χ1v) is 12.3. The summed E-state index contributed by atoms with van der Waals surface area (Å²) in [6.07, 6.45) is 24.0. The Morgan fingerprint density at radius 1 is 0.741 bits per heavy atom. The Labute approximate surface area is 175 Å². The Morgan fingerprint density at radius 3 is 1.67 bits per heavy atom. The maximum absolute atomic E-state index is 12.0. The van der Waals surface area contributed by atoms with Crippen molar-refractivity contribution in [3.8, 4) is 0 Å². The maximum atomic E-state index is 12.0. The molecule has 0 amide bonds. The number of ether oxygens (including phenoxy) is 1. The van der Waals surface area contributed by atoms with Crippen LogP contribution in [0.4, 0.5) is 0 Å². The number of esters is 1. The Hall–Kier alpha value is -0.180. The van der Waals surface area contributed by atoms with Gasteiger partial charge in [0.2, 0.25) is 0 Å². The quantitative estimate of drug-likeness (QED) is 0.206. The summed E-state index contributed by atoms with van der Waals surface area (Å²) >= 11 is 5.39. The summed E-state index contributed by atoms with van der Waals surface area (Å²) in [6, 6.07) is 0. The van der Waals surface area contributed by atoms with Gasteiger partial charge in [0.05, 0.1) is 0 Å². The molecule has 3 heteroatoms. The minimum Gasteiger partial charge on any atom is -0.462 e. The number of hydrogen-bond donors (Lipinski definition) is 0. The second-order valence-electron chi connectivity index (χ2n) is 8.44. The highest BCUT2D eigenvalue weighted by Crippen LogP contribution is 2.23. The lowest BCUT2D eigenvalue weighted by atomic mass is 9.98. The second kappa shape index (κ2) is 17.9. The molecule has 2 nitrogen and oxygen atoms in total. The first-order chi connectivity index (χ1) is 13.2. The minimum atomic E-state index is 0.0225. The molecule has 1 saturated carbocycles. The summed E-state index contributed by atoms with van der Waals surface area (Å²) in [5, 5.41) is 0.435. The molecule has 0 heterocycles. The van der Waals surface area contributed by atoms with Crippen molar-refractivity contribution in [2.45, 2.75) is 140 Å². The van der Waals surface area contributed by atoms with Crippen LogP contribution in [0.25, 0.3) is 0 Å². The van der Waals surface area contributed by atoms with E-state index in [1.807, 2.05) is 0 Å². The molecule has 0 aromatic carbocycles. The van der Waals surface area contributed by atoms with Gasteiger partial charge in [0.25, 0.3) is 0 Å². The van der Waals surface area contributed by atoms with Crippen LogP contribution in [0.15, 0.2) is 0 Å². The van der Waals surface area contributed by atoms with E-state index in [-0.39, 0.29) is 12.1 Å². The van der Waals surface area contributed by atoms with E-state index in [9.17, 15) is 4.79 Å². The van der Waals surface area contributed by atoms with Gasteiger partial charge >= 0.3 is 5.97 Å². The molecule has 1 aliphatic rings. The molecule has 2 radical (unpaired) electrons. The van der Waals surface area contributed by atoms with Crippen LogP contribution in [-0.2, 0) is 9.53 Å². The summed E-state index contributed by atoms with van der Waals surface area (Å²) in [7, 11) is 0. The average Bonchev–Trinajstić information content (AvgIpc) is 2.63. The molecule has 0 aromatic heterocycles. The third-order valence-electron chi connectivity index (χ3n) is 5.78. The zero-order chi connectivity index (χ0) is 19.6. The zero-order valence-corrected chi connectivity index (χ0v) is 18.5. The molecule has 0 aliphatic heterocycles. The van der Waals surface area contributed by atoms with Gasteiger partial charge in [-0.25, -0.2) is 0 Å². The first kappa shape index (κ1) is 24.9. The van der Waals surface area contributed by atoms with Crippen LogP contribution in [0.3, 0.4) is 0 Å². The van der Waals surface area contributed by atoms with Crippen LogP contribution < -0.4 is 0 Å². The van der Waals surface area contributed by atoms with Crippen molar-refractivity contribution >= 4 is 18.6 Å². The molecule has 0 aromatic rings. The lowest BCUT2D eigenvalue weighted by Gasteiger charge is -2.22. The molecule has 0 atom stereocenters. The third-order valence-corrected chi connectivity index (χ3v) is 6.25. The van der Waals surface area contributed by atoms with Gasteiger partial charge in [-0.05, 0) is 44.9 Å². The van der Waals surface area contributed by atoms with Gasteiger partial charge in [0.15, 0.2) is 0 Å². The predicted octanol–water partition coefficient (Wildman–Crippen LogP) is 8.11. The van der Waals surface area contributed by atoms with E-state index in [0.717, 1.165) is 51.4 Å². The van der Waals surface area contributed by atoms with Crippen LogP contribution in [0.1, 0.15) is 128 Å². The SMILES string of the molecule is [CH2]CCCCCCCCCCCCCCC(=O)OC1CCCC([S])CCC1. The molecular formula is C24H44O2S. The van der Waals surface area contributed by atoms with Gasteiger partial charge in [-0.2, -0.15) is 0 Å². The lowest BCUT2D eigenvalue weighted by molar-refractivity contribution is -0.150. The van der Waals surface area contributed by atoms with Crippen LogP contribution in [0.2, 0.25) is 0 Å². The van der Waals surface area contributed by atoms with E-state index < -0.39 is 0 Å². The van der Waals surface area contributed by atoms with Crippen LogP contribution in [0, 0.1) is 6.92 Å². The van der Waals surface area contributed by atoms with E-state index in [1.165, 1.54) is 70.6 Å². The maximum Gasteiger partial charge on any atom is 0.306 e. The molecule has 0 N–H and O–H groups in total. The summed E-state index contributed by atoms with van der Waals surface area (Å²) in [5.41, 5.74) is 0. The Morgan fingerprint density at radius 2 is 1.19 bits per heavy atom. The molecular weight excluding hydrogens is 352 g/mol. The molecule has 1 fully saturated rings. The topological polar surface area (TPSA) is 26.3 Å². The minimum absolute atomic E-state index is 0.0225. The summed E-state index contributed by atoms with van der Waals surface area (Å²) in [6.45, 7) is 3.89. The van der Waals surface area contributed by atoms with Crippen molar-refractivity contribution in [3.05, 3.63) is 6.92 Å².